The number of ether oxygens (including phenoxy) is 1. The summed E-state index contributed by atoms with van der Waals surface area (Å²) in [4.78, 5) is 2.79. The third-order valence-corrected chi connectivity index (χ3v) is 8.42. The molecule has 4 rings (SSSR count). The summed E-state index contributed by atoms with van der Waals surface area (Å²) in [6.07, 6.45) is 4.23. The normalized spacial score (nSPS) is 20.5. The maximum absolute atomic E-state index is 14.8. The van der Waals surface area contributed by atoms with Gasteiger partial charge in [0.05, 0.1) is 11.6 Å². The quantitative estimate of drug-likeness (QED) is 0.415. The Morgan fingerprint density at radius 3 is 2.54 bits per heavy atom. The average molecular weight is 547 g/mol. The van der Waals surface area contributed by atoms with Gasteiger partial charge in [0.15, 0.2) is 11.6 Å². The maximum Gasteiger partial charge on any atom is 0.266 e. The number of halogens is 4. The first kappa shape index (κ1) is 25.7. The van der Waals surface area contributed by atoms with Crippen molar-refractivity contribution in [3.8, 4) is 5.75 Å². The predicted molar refractivity (Wildman–Crippen MR) is 127 cm³/mol. The molecule has 7 nitrogen and oxygen atoms in total. The van der Waals surface area contributed by atoms with Crippen molar-refractivity contribution in [3.05, 3.63) is 64.7 Å². The number of hydrogen-bond donors (Lipinski definition) is 2. The van der Waals surface area contributed by atoms with E-state index in [1.54, 1.807) is 6.07 Å². The molecule has 1 heterocycles. The third kappa shape index (κ3) is 6.05. The minimum Gasteiger partial charge on any atom is -0.490 e. The third-order valence-electron chi connectivity index (χ3n) is 6.05. The summed E-state index contributed by atoms with van der Waals surface area (Å²) in [6.45, 7) is 0.00938. The molecule has 3 aromatic rings. The number of anilines is 1. The van der Waals surface area contributed by atoms with Crippen molar-refractivity contribution >= 4 is 38.3 Å². The van der Waals surface area contributed by atoms with Crippen LogP contribution in [-0.4, -0.2) is 30.4 Å². The van der Waals surface area contributed by atoms with Gasteiger partial charge in [-0.3, -0.25) is 4.72 Å². The Hall–Kier alpha value is -2.41. The van der Waals surface area contributed by atoms with Crippen LogP contribution in [0.25, 0.3) is 0 Å². The lowest BCUT2D eigenvalue weighted by molar-refractivity contribution is 0.0874. The standard InChI is InChI=1S/C22H22ClF3N4O3S2/c23-15-2-1-13(7-16(15)24)10-22(5-3-14(27)4-6-22)11-33-19-8-18(26)20(9-17(19)25)35(31,32)30-21-28-12-29-34-21/h1-2,7-9,12,14H,3-6,10-11,27H2,(H,28,29,30). The SMILES string of the molecule is NC1CCC(COc2cc(F)c(S(=O)(=O)Nc3ncns3)cc2F)(Cc2ccc(Cl)c(F)c2)CC1. The van der Waals surface area contributed by atoms with Crippen molar-refractivity contribution in [2.45, 2.75) is 43.0 Å². The van der Waals surface area contributed by atoms with Gasteiger partial charge in [-0.2, -0.15) is 4.37 Å². The number of aromatic nitrogens is 2. The zero-order valence-corrected chi connectivity index (χ0v) is 20.7. The molecule has 0 saturated heterocycles. The summed E-state index contributed by atoms with van der Waals surface area (Å²) in [6, 6.07) is 5.82. The second-order valence-electron chi connectivity index (χ2n) is 8.62. The van der Waals surface area contributed by atoms with Crippen LogP contribution >= 0.6 is 23.1 Å². The van der Waals surface area contributed by atoms with E-state index in [1.165, 1.54) is 12.1 Å². The second-order valence-corrected chi connectivity index (χ2v) is 11.5. The molecule has 0 radical (unpaired) electrons. The molecular formula is C22H22ClF3N4O3S2. The Balaban J connectivity index is 1.54. The molecule has 2 aromatic carbocycles. The van der Waals surface area contributed by atoms with E-state index in [-0.39, 0.29) is 22.8 Å². The van der Waals surface area contributed by atoms with E-state index in [2.05, 4.69) is 9.36 Å². The van der Waals surface area contributed by atoms with Gasteiger partial charge in [-0.25, -0.2) is 26.6 Å². The first-order valence-electron chi connectivity index (χ1n) is 10.7. The first-order valence-corrected chi connectivity index (χ1v) is 13.3. The smallest absolute Gasteiger partial charge is 0.266 e. The number of benzene rings is 2. The zero-order valence-electron chi connectivity index (χ0n) is 18.3. The van der Waals surface area contributed by atoms with Gasteiger partial charge in [-0.15, -0.1) is 0 Å². The van der Waals surface area contributed by atoms with E-state index >= 15 is 0 Å². The van der Waals surface area contributed by atoms with Crippen molar-refractivity contribution < 1.29 is 26.3 Å². The van der Waals surface area contributed by atoms with E-state index in [1.807, 2.05) is 4.72 Å². The fraction of sp³-hybridized carbons (Fsp3) is 0.364. The summed E-state index contributed by atoms with van der Waals surface area (Å²) in [7, 11) is -4.43. The van der Waals surface area contributed by atoms with Crippen molar-refractivity contribution in [3.63, 3.8) is 0 Å². The van der Waals surface area contributed by atoms with Crippen molar-refractivity contribution in [2.24, 2.45) is 11.1 Å². The summed E-state index contributed by atoms with van der Waals surface area (Å²) in [5.41, 5.74) is 6.25. The summed E-state index contributed by atoms with van der Waals surface area (Å²) >= 11 is 6.54. The number of rotatable bonds is 8. The molecule has 0 unspecified atom stereocenters. The minimum atomic E-state index is -4.43. The van der Waals surface area contributed by atoms with Crippen LogP contribution < -0.4 is 15.2 Å². The molecule has 13 heteroatoms. The molecule has 0 aliphatic heterocycles. The highest BCUT2D eigenvalue weighted by Gasteiger charge is 2.36. The van der Waals surface area contributed by atoms with Crippen molar-refractivity contribution in [1.82, 2.24) is 9.36 Å². The van der Waals surface area contributed by atoms with Crippen molar-refractivity contribution in [1.29, 1.82) is 0 Å². The molecule has 1 fully saturated rings. The molecule has 3 N–H and O–H groups in total. The predicted octanol–water partition coefficient (Wildman–Crippen LogP) is 4.92. The topological polar surface area (TPSA) is 107 Å². The van der Waals surface area contributed by atoms with Gasteiger partial charge in [-0.1, -0.05) is 17.7 Å². The number of nitrogens with one attached hydrogen (secondary N) is 1. The number of hydrogen-bond acceptors (Lipinski definition) is 7. The van der Waals surface area contributed by atoms with E-state index in [0.29, 0.717) is 49.8 Å². The Labute approximate surface area is 209 Å². The monoisotopic (exact) mass is 546 g/mol. The Kier molecular flexibility index (Phi) is 7.55. The molecule has 188 valence electrons. The highest BCUT2D eigenvalue weighted by molar-refractivity contribution is 7.93. The van der Waals surface area contributed by atoms with E-state index in [4.69, 9.17) is 22.1 Å². The second kappa shape index (κ2) is 10.3. The van der Waals surface area contributed by atoms with Crippen LogP contribution in [0.2, 0.25) is 5.02 Å². The molecule has 1 aliphatic carbocycles. The highest BCUT2D eigenvalue weighted by atomic mass is 35.5. The Bertz CT molecular complexity index is 1300. The molecule has 0 amide bonds. The molecule has 35 heavy (non-hydrogen) atoms. The largest absolute Gasteiger partial charge is 0.490 e. The fourth-order valence-corrected chi connectivity index (χ4v) is 6.00. The molecule has 1 aliphatic rings. The van der Waals surface area contributed by atoms with Crippen LogP contribution in [0, 0.1) is 22.9 Å². The maximum atomic E-state index is 14.8. The minimum absolute atomic E-state index is 0.00938. The summed E-state index contributed by atoms with van der Waals surface area (Å²) in [5, 5.41) is -0.0702. The van der Waals surface area contributed by atoms with Gasteiger partial charge in [-0.05, 0) is 49.8 Å². The molecule has 0 bridgehead atoms. The average Bonchev–Trinajstić information content (AvgIpc) is 3.31. The molecule has 1 saturated carbocycles. The summed E-state index contributed by atoms with van der Waals surface area (Å²) < 4.78 is 79.8. The van der Waals surface area contributed by atoms with Crippen LogP contribution in [0.5, 0.6) is 5.75 Å². The van der Waals surface area contributed by atoms with E-state index in [0.717, 1.165) is 17.9 Å². The van der Waals surface area contributed by atoms with Gasteiger partial charge in [0.1, 0.15) is 22.9 Å². The van der Waals surface area contributed by atoms with Crippen molar-refractivity contribution in [2.75, 3.05) is 11.3 Å². The van der Waals surface area contributed by atoms with E-state index in [9.17, 15) is 21.6 Å². The summed E-state index contributed by atoms with van der Waals surface area (Å²) in [5.74, 6) is -3.18. The van der Waals surface area contributed by atoms with Crippen LogP contribution in [0.3, 0.4) is 0 Å². The Morgan fingerprint density at radius 2 is 1.89 bits per heavy atom. The van der Waals surface area contributed by atoms with Crippen LogP contribution in [0.1, 0.15) is 31.2 Å². The van der Waals surface area contributed by atoms with E-state index < -0.39 is 43.5 Å². The van der Waals surface area contributed by atoms with Gasteiger partial charge in [0, 0.05) is 35.1 Å². The molecular weight excluding hydrogens is 525 g/mol. The lowest BCUT2D eigenvalue weighted by Crippen LogP contribution is -2.39. The van der Waals surface area contributed by atoms with Gasteiger partial charge < -0.3 is 10.5 Å². The van der Waals surface area contributed by atoms with Gasteiger partial charge >= 0.3 is 0 Å². The highest BCUT2D eigenvalue weighted by Crippen LogP contribution is 2.40. The number of sulfonamides is 1. The molecule has 0 atom stereocenters. The zero-order chi connectivity index (χ0) is 25.2. The first-order chi connectivity index (χ1) is 16.6. The molecule has 1 aromatic heterocycles. The Morgan fingerprint density at radius 1 is 1.14 bits per heavy atom. The van der Waals surface area contributed by atoms with Gasteiger partial charge in [0.2, 0.25) is 5.13 Å². The van der Waals surface area contributed by atoms with Crippen LogP contribution in [-0.2, 0) is 16.4 Å². The van der Waals surface area contributed by atoms with Crippen LogP contribution in [0.4, 0.5) is 18.3 Å². The van der Waals surface area contributed by atoms with Crippen LogP contribution in [0.15, 0.2) is 41.6 Å². The lowest BCUT2D eigenvalue weighted by Gasteiger charge is -2.39. The van der Waals surface area contributed by atoms with Gasteiger partial charge in [0.25, 0.3) is 10.0 Å². The lowest BCUT2D eigenvalue weighted by atomic mass is 9.69. The number of nitrogens with zero attached hydrogens (tertiary/aromatic N) is 2. The number of nitrogens with two attached hydrogens (primary N) is 1. The fourth-order valence-electron chi connectivity index (χ4n) is 4.15. The molecule has 0 spiro atoms.